The lowest BCUT2D eigenvalue weighted by Crippen LogP contribution is -2.40. The Labute approximate surface area is 228 Å². The number of carbonyl (C=O) groups is 1. The fourth-order valence-electron chi connectivity index (χ4n) is 5.29. The number of benzene rings is 2. The van der Waals surface area contributed by atoms with E-state index in [4.69, 9.17) is 4.98 Å². The Kier molecular flexibility index (Phi) is 8.21. The van der Waals surface area contributed by atoms with E-state index in [9.17, 15) is 14.3 Å². The van der Waals surface area contributed by atoms with Crippen LogP contribution in [0.15, 0.2) is 60.8 Å². The smallest absolute Gasteiger partial charge is 0.224 e. The first-order valence-electron chi connectivity index (χ1n) is 13.7. The molecule has 5 rings (SSSR count). The van der Waals surface area contributed by atoms with Gasteiger partial charge in [0.1, 0.15) is 11.6 Å². The number of pyridine rings is 1. The van der Waals surface area contributed by atoms with Gasteiger partial charge in [0.15, 0.2) is 0 Å². The third-order valence-electron chi connectivity index (χ3n) is 7.43. The van der Waals surface area contributed by atoms with Crippen LogP contribution in [0.2, 0.25) is 0 Å². The number of aliphatic hydroxyl groups is 1. The number of para-hydroxylation sites is 1. The number of anilines is 1. The summed E-state index contributed by atoms with van der Waals surface area (Å²) in [5.41, 5.74) is 4.89. The molecule has 0 spiro atoms. The minimum absolute atomic E-state index is 0.0271. The van der Waals surface area contributed by atoms with E-state index in [2.05, 4.69) is 35.1 Å². The summed E-state index contributed by atoms with van der Waals surface area (Å²) in [5.74, 6) is 0.587. The van der Waals surface area contributed by atoms with Crippen molar-refractivity contribution in [3.8, 4) is 0 Å². The van der Waals surface area contributed by atoms with E-state index in [1.165, 1.54) is 12.1 Å². The maximum atomic E-state index is 13.6. The number of fused-ring (bicyclic) bond motifs is 1. The van der Waals surface area contributed by atoms with Crippen LogP contribution in [0, 0.1) is 19.7 Å². The monoisotopic (exact) mass is 529 g/mol. The maximum absolute atomic E-state index is 13.6. The topological polar surface area (TPSA) is 74.5 Å². The minimum Gasteiger partial charge on any atom is -0.391 e. The summed E-state index contributed by atoms with van der Waals surface area (Å²) in [5, 5.41) is 15.9. The third-order valence-corrected chi connectivity index (χ3v) is 7.43. The number of piperidine rings is 1. The molecule has 0 saturated carbocycles. The molecule has 1 atom stereocenters. The highest BCUT2D eigenvalue weighted by Gasteiger charge is 2.24. The lowest BCUT2D eigenvalue weighted by atomic mass is 10.0. The van der Waals surface area contributed by atoms with Gasteiger partial charge in [-0.15, -0.1) is 0 Å². The van der Waals surface area contributed by atoms with Crippen molar-refractivity contribution in [1.29, 1.82) is 0 Å². The molecule has 1 saturated heterocycles. The molecule has 204 valence electrons. The number of amides is 1. The van der Waals surface area contributed by atoms with Crippen LogP contribution in [0.25, 0.3) is 10.9 Å². The molecule has 1 N–H and O–H groups in total. The van der Waals surface area contributed by atoms with Gasteiger partial charge >= 0.3 is 0 Å². The number of nitrogens with zero attached hydrogens (tertiary/aromatic N) is 5. The van der Waals surface area contributed by atoms with E-state index < -0.39 is 6.10 Å². The van der Waals surface area contributed by atoms with Crippen molar-refractivity contribution in [2.75, 3.05) is 24.5 Å². The average molecular weight is 530 g/mol. The molecule has 39 heavy (non-hydrogen) atoms. The van der Waals surface area contributed by atoms with Crippen molar-refractivity contribution in [2.45, 2.75) is 58.7 Å². The van der Waals surface area contributed by atoms with E-state index in [1.807, 2.05) is 30.2 Å². The van der Waals surface area contributed by atoms with Crippen LogP contribution in [-0.4, -0.2) is 56.4 Å². The largest absolute Gasteiger partial charge is 0.391 e. The minimum atomic E-state index is -0.394. The van der Waals surface area contributed by atoms with Crippen molar-refractivity contribution in [2.24, 2.45) is 0 Å². The molecular weight excluding hydrogens is 493 g/mol. The quantitative estimate of drug-likeness (QED) is 0.337. The fraction of sp³-hybridized carbons (Fsp3) is 0.387. The first kappa shape index (κ1) is 26.8. The summed E-state index contributed by atoms with van der Waals surface area (Å²) < 4.78 is 15.3. The molecule has 1 amide bonds. The van der Waals surface area contributed by atoms with Gasteiger partial charge in [-0.1, -0.05) is 30.3 Å². The number of hydrogen-bond acceptors (Lipinski definition) is 5. The lowest BCUT2D eigenvalue weighted by molar-refractivity contribution is -0.132. The normalized spacial score (nSPS) is 15.6. The van der Waals surface area contributed by atoms with E-state index in [-0.39, 0.29) is 11.7 Å². The van der Waals surface area contributed by atoms with Crippen molar-refractivity contribution in [3.05, 3.63) is 89.0 Å². The molecule has 8 heteroatoms. The number of aliphatic hydroxyl groups excluding tert-OH is 1. The zero-order valence-corrected chi connectivity index (χ0v) is 22.7. The second-order valence-corrected chi connectivity index (χ2v) is 10.5. The molecule has 0 aliphatic carbocycles. The van der Waals surface area contributed by atoms with Gasteiger partial charge in [-0.2, -0.15) is 5.10 Å². The molecule has 0 unspecified atom stereocenters. The predicted molar refractivity (Wildman–Crippen MR) is 151 cm³/mol. The highest BCUT2D eigenvalue weighted by Crippen LogP contribution is 2.29. The number of aromatic nitrogens is 3. The van der Waals surface area contributed by atoms with Crippen LogP contribution in [0.5, 0.6) is 0 Å². The lowest BCUT2D eigenvalue weighted by Gasteiger charge is -2.34. The molecule has 1 aliphatic rings. The SMILES string of the molecule is Cc1ccn(CCC(=O)N(CCc2ccc(F)cc2)Cc2cc3cccc(C)c3nc2N2CCC[C@@H](O)C2)n1. The molecule has 0 radical (unpaired) electrons. The van der Waals surface area contributed by atoms with Crippen LogP contribution < -0.4 is 4.90 Å². The highest BCUT2D eigenvalue weighted by molar-refractivity contribution is 5.85. The summed E-state index contributed by atoms with van der Waals surface area (Å²) in [6, 6.07) is 16.7. The molecule has 7 nitrogen and oxygen atoms in total. The van der Waals surface area contributed by atoms with Crippen LogP contribution in [0.3, 0.4) is 0 Å². The molecule has 0 bridgehead atoms. The Morgan fingerprint density at radius 2 is 1.97 bits per heavy atom. The number of hydrogen-bond donors (Lipinski definition) is 1. The van der Waals surface area contributed by atoms with Gasteiger partial charge in [-0.05, 0) is 68.5 Å². The Hall–Kier alpha value is -3.78. The summed E-state index contributed by atoms with van der Waals surface area (Å²) in [7, 11) is 0. The average Bonchev–Trinajstić information content (AvgIpc) is 3.35. The van der Waals surface area contributed by atoms with Gasteiger partial charge < -0.3 is 14.9 Å². The molecule has 1 aliphatic heterocycles. The van der Waals surface area contributed by atoms with E-state index in [0.29, 0.717) is 39.0 Å². The van der Waals surface area contributed by atoms with Gasteiger partial charge in [0.25, 0.3) is 0 Å². The van der Waals surface area contributed by atoms with Gasteiger partial charge in [-0.3, -0.25) is 9.48 Å². The fourth-order valence-corrected chi connectivity index (χ4v) is 5.29. The van der Waals surface area contributed by atoms with Gasteiger partial charge in [0.05, 0.1) is 17.3 Å². The number of carbonyl (C=O) groups excluding carboxylic acids is 1. The summed E-state index contributed by atoms with van der Waals surface area (Å²) in [6.45, 7) is 6.73. The molecule has 2 aromatic heterocycles. The first-order chi connectivity index (χ1) is 18.9. The molecule has 4 aromatic rings. The Bertz CT molecular complexity index is 1430. The number of β-amino-alcohol motifs (C(OH)–C–C–N with tert-alkyl or cyclic N) is 1. The van der Waals surface area contributed by atoms with Crippen LogP contribution in [0.1, 0.15) is 41.6 Å². The van der Waals surface area contributed by atoms with Gasteiger partial charge in [0, 0.05) is 56.3 Å². The standard InChI is InChI=1S/C31H36FN5O2/c1-22-5-3-6-25-19-26(31(33-30(22)25)36-15-4-7-28(38)21-36)20-35(16-13-24-8-10-27(32)11-9-24)29(39)14-18-37-17-12-23(2)34-37/h3,5-6,8-12,17,19,28,38H,4,7,13-16,18,20-21H2,1-2H3/t28-/m1/s1. The van der Waals surface area contributed by atoms with Crippen molar-refractivity contribution >= 4 is 22.6 Å². The number of halogens is 1. The maximum Gasteiger partial charge on any atom is 0.224 e. The molecule has 1 fully saturated rings. The molecule has 2 aromatic carbocycles. The Morgan fingerprint density at radius 3 is 2.72 bits per heavy atom. The second-order valence-electron chi connectivity index (χ2n) is 10.5. The van der Waals surface area contributed by atoms with E-state index in [1.54, 1.807) is 16.8 Å². The van der Waals surface area contributed by atoms with Crippen LogP contribution in [-0.2, 0) is 24.3 Å². The second kappa shape index (κ2) is 11.9. The Morgan fingerprint density at radius 1 is 1.15 bits per heavy atom. The Balaban J connectivity index is 1.45. The number of aryl methyl sites for hydroxylation is 3. The molecule has 3 heterocycles. The van der Waals surface area contributed by atoms with Crippen LogP contribution >= 0.6 is 0 Å². The third kappa shape index (κ3) is 6.63. The summed E-state index contributed by atoms with van der Waals surface area (Å²) in [6.07, 6.45) is 4.11. The summed E-state index contributed by atoms with van der Waals surface area (Å²) in [4.78, 5) is 22.7. The first-order valence-corrected chi connectivity index (χ1v) is 13.7. The van der Waals surface area contributed by atoms with E-state index >= 15 is 0 Å². The van der Waals surface area contributed by atoms with Crippen molar-refractivity contribution < 1.29 is 14.3 Å². The van der Waals surface area contributed by atoms with Crippen molar-refractivity contribution in [1.82, 2.24) is 19.7 Å². The predicted octanol–water partition coefficient (Wildman–Crippen LogP) is 4.81. The van der Waals surface area contributed by atoms with Crippen molar-refractivity contribution in [3.63, 3.8) is 0 Å². The molecular formula is C31H36FN5O2. The zero-order valence-electron chi connectivity index (χ0n) is 22.7. The van der Waals surface area contributed by atoms with Crippen LogP contribution in [0.4, 0.5) is 10.2 Å². The van der Waals surface area contributed by atoms with E-state index in [0.717, 1.165) is 58.5 Å². The zero-order chi connectivity index (χ0) is 27.4. The highest BCUT2D eigenvalue weighted by atomic mass is 19.1. The van der Waals surface area contributed by atoms with Gasteiger partial charge in [-0.25, -0.2) is 9.37 Å². The number of rotatable bonds is 9. The summed E-state index contributed by atoms with van der Waals surface area (Å²) >= 11 is 0. The van der Waals surface area contributed by atoms with Gasteiger partial charge in [0.2, 0.25) is 5.91 Å².